The predicted octanol–water partition coefficient (Wildman–Crippen LogP) is 4.32. The molecule has 0 aromatic heterocycles. The summed E-state index contributed by atoms with van der Waals surface area (Å²) in [5, 5.41) is 0.540. The van der Waals surface area contributed by atoms with Crippen molar-refractivity contribution >= 4 is 17.3 Å². The molecule has 0 radical (unpaired) electrons. The summed E-state index contributed by atoms with van der Waals surface area (Å²) in [6.07, 6.45) is 0. The Bertz CT molecular complexity index is 663. The Morgan fingerprint density at radius 1 is 1.16 bits per heavy atom. The number of benzene rings is 2. The van der Waals surface area contributed by atoms with Crippen molar-refractivity contribution in [2.24, 2.45) is 0 Å². The van der Waals surface area contributed by atoms with Crippen LogP contribution in [0.15, 0.2) is 48.5 Å². The Balaban J connectivity index is 2.03. The van der Waals surface area contributed by atoms with E-state index in [0.29, 0.717) is 16.5 Å². The Morgan fingerprint density at radius 2 is 1.95 bits per heavy atom. The predicted molar refractivity (Wildman–Crippen MR) is 76.5 cm³/mol. The summed E-state index contributed by atoms with van der Waals surface area (Å²) in [4.78, 5) is 3.37. The molecule has 92 valence electrons. The van der Waals surface area contributed by atoms with E-state index in [1.165, 1.54) is 0 Å². The van der Waals surface area contributed by atoms with Crippen LogP contribution in [0.5, 0.6) is 5.75 Å². The lowest BCUT2D eigenvalue weighted by Gasteiger charge is -2.04. The molecule has 2 nitrogen and oxygen atoms in total. The van der Waals surface area contributed by atoms with E-state index in [2.05, 4.69) is 16.7 Å². The molecule has 0 fully saturated rings. The van der Waals surface area contributed by atoms with Crippen LogP contribution in [0.1, 0.15) is 5.56 Å². The fourth-order valence-corrected chi connectivity index (χ4v) is 1.63. The van der Waals surface area contributed by atoms with Crippen LogP contribution in [-0.2, 0) is 0 Å². The average Bonchev–Trinajstić information content (AvgIpc) is 2.45. The van der Waals surface area contributed by atoms with Crippen LogP contribution in [0.3, 0.4) is 0 Å². The third-order valence-corrected chi connectivity index (χ3v) is 2.58. The Kier molecular flexibility index (Phi) is 4.45. The van der Waals surface area contributed by atoms with Gasteiger partial charge in [0.05, 0.1) is 6.57 Å². The van der Waals surface area contributed by atoms with E-state index < -0.39 is 0 Å². The molecule has 3 heteroatoms. The normalized spacial score (nSPS) is 9.05. The summed E-state index contributed by atoms with van der Waals surface area (Å²) in [5.74, 6) is 6.35. The van der Waals surface area contributed by atoms with Crippen LogP contribution < -0.4 is 4.74 Å². The standard InChI is InChI=1S/C16H10ClNO/c1-18-15-10-9-14(17)12-16(15)19-11-5-8-13-6-3-2-4-7-13/h2-4,6-7,9-10,12H,11H2. The summed E-state index contributed by atoms with van der Waals surface area (Å²) in [6.45, 7) is 7.26. The van der Waals surface area contributed by atoms with Gasteiger partial charge in [0.25, 0.3) is 0 Å². The van der Waals surface area contributed by atoms with Crippen molar-refractivity contribution in [1.82, 2.24) is 0 Å². The lowest BCUT2D eigenvalue weighted by molar-refractivity contribution is 0.372. The monoisotopic (exact) mass is 267 g/mol. The summed E-state index contributed by atoms with van der Waals surface area (Å²) in [7, 11) is 0. The highest BCUT2D eigenvalue weighted by Crippen LogP contribution is 2.30. The first kappa shape index (κ1) is 13.0. The van der Waals surface area contributed by atoms with Gasteiger partial charge in [0.15, 0.2) is 0 Å². The van der Waals surface area contributed by atoms with Crippen molar-refractivity contribution in [3.63, 3.8) is 0 Å². The van der Waals surface area contributed by atoms with Gasteiger partial charge in [-0.05, 0) is 18.2 Å². The molecule has 0 N–H and O–H groups in total. The van der Waals surface area contributed by atoms with E-state index in [1.54, 1.807) is 18.2 Å². The topological polar surface area (TPSA) is 13.6 Å². The maximum atomic E-state index is 7.04. The van der Waals surface area contributed by atoms with E-state index in [9.17, 15) is 0 Å². The third kappa shape index (κ3) is 3.78. The van der Waals surface area contributed by atoms with Gasteiger partial charge in [-0.25, -0.2) is 4.85 Å². The van der Waals surface area contributed by atoms with E-state index in [-0.39, 0.29) is 6.61 Å². The number of nitrogens with zero attached hydrogens (tertiary/aromatic N) is 1. The van der Waals surface area contributed by atoms with Crippen molar-refractivity contribution in [3.8, 4) is 17.6 Å². The third-order valence-electron chi connectivity index (χ3n) is 2.35. The van der Waals surface area contributed by atoms with Crippen LogP contribution >= 0.6 is 11.6 Å². The molecule has 19 heavy (non-hydrogen) atoms. The van der Waals surface area contributed by atoms with Gasteiger partial charge in [-0.3, -0.25) is 0 Å². The summed E-state index contributed by atoms with van der Waals surface area (Å²) < 4.78 is 5.46. The molecule has 0 aliphatic rings. The highest BCUT2D eigenvalue weighted by Gasteiger charge is 2.03. The molecule has 0 bridgehead atoms. The first-order chi connectivity index (χ1) is 9.29. The van der Waals surface area contributed by atoms with Crippen molar-refractivity contribution in [3.05, 3.63) is 70.5 Å². The number of ether oxygens (including phenoxy) is 1. The Hall–Kier alpha value is -2.42. The molecule has 0 aliphatic carbocycles. The fourth-order valence-electron chi connectivity index (χ4n) is 1.47. The molecule has 2 rings (SSSR count). The van der Waals surface area contributed by atoms with E-state index in [0.717, 1.165) is 5.56 Å². The van der Waals surface area contributed by atoms with Gasteiger partial charge in [0, 0.05) is 10.6 Å². The van der Waals surface area contributed by atoms with Crippen LogP contribution in [0.4, 0.5) is 5.69 Å². The molecule has 2 aromatic carbocycles. The van der Waals surface area contributed by atoms with Gasteiger partial charge in [0.2, 0.25) is 5.69 Å². The largest absolute Gasteiger partial charge is 0.492 e. The molecule has 0 spiro atoms. The molecule has 0 amide bonds. The Labute approximate surface area is 117 Å². The summed E-state index contributed by atoms with van der Waals surface area (Å²) >= 11 is 5.86. The fraction of sp³-hybridized carbons (Fsp3) is 0.0625. The minimum atomic E-state index is 0.220. The first-order valence-electron chi connectivity index (χ1n) is 5.63. The van der Waals surface area contributed by atoms with Gasteiger partial charge in [-0.15, -0.1) is 0 Å². The van der Waals surface area contributed by atoms with E-state index in [1.807, 2.05) is 30.3 Å². The second kappa shape index (κ2) is 6.50. The minimum Gasteiger partial charge on any atom is -0.492 e. The van der Waals surface area contributed by atoms with Crippen LogP contribution in [0, 0.1) is 18.4 Å². The second-order valence-electron chi connectivity index (χ2n) is 3.68. The zero-order chi connectivity index (χ0) is 13.5. The Morgan fingerprint density at radius 3 is 2.68 bits per heavy atom. The zero-order valence-electron chi connectivity index (χ0n) is 10.1. The molecule has 2 aromatic rings. The quantitative estimate of drug-likeness (QED) is 0.584. The maximum absolute atomic E-state index is 7.04. The van der Waals surface area contributed by atoms with Crippen molar-refractivity contribution < 1.29 is 4.74 Å². The molecule has 0 unspecified atom stereocenters. The van der Waals surface area contributed by atoms with Crippen molar-refractivity contribution in [2.45, 2.75) is 0 Å². The lowest BCUT2D eigenvalue weighted by Crippen LogP contribution is -1.94. The van der Waals surface area contributed by atoms with Crippen LogP contribution in [-0.4, -0.2) is 6.61 Å². The van der Waals surface area contributed by atoms with Gasteiger partial charge >= 0.3 is 0 Å². The van der Waals surface area contributed by atoms with E-state index in [4.69, 9.17) is 22.9 Å². The number of hydrogen-bond acceptors (Lipinski definition) is 1. The highest BCUT2D eigenvalue weighted by atomic mass is 35.5. The average molecular weight is 268 g/mol. The minimum absolute atomic E-state index is 0.220. The molecule has 0 atom stereocenters. The van der Waals surface area contributed by atoms with Crippen LogP contribution in [0.2, 0.25) is 5.02 Å². The SMILES string of the molecule is [C-]#[N+]c1ccc(Cl)cc1OCC#Cc1ccccc1. The van der Waals surface area contributed by atoms with E-state index >= 15 is 0 Å². The summed E-state index contributed by atoms with van der Waals surface area (Å²) in [5.41, 5.74) is 1.37. The lowest BCUT2D eigenvalue weighted by atomic mass is 10.2. The zero-order valence-corrected chi connectivity index (χ0v) is 10.8. The van der Waals surface area contributed by atoms with Gasteiger partial charge in [0.1, 0.15) is 12.4 Å². The van der Waals surface area contributed by atoms with Gasteiger partial charge < -0.3 is 4.74 Å². The van der Waals surface area contributed by atoms with Crippen LogP contribution in [0.25, 0.3) is 4.85 Å². The molecule has 0 saturated heterocycles. The van der Waals surface area contributed by atoms with Crippen molar-refractivity contribution in [2.75, 3.05) is 6.61 Å². The molecule has 0 aliphatic heterocycles. The first-order valence-corrected chi connectivity index (χ1v) is 6.01. The van der Waals surface area contributed by atoms with Crippen molar-refractivity contribution in [1.29, 1.82) is 0 Å². The molecular formula is C16H10ClNO. The number of halogens is 1. The summed E-state index contributed by atoms with van der Waals surface area (Å²) in [6, 6.07) is 14.6. The molecule has 0 heterocycles. The number of rotatable bonds is 2. The number of hydrogen-bond donors (Lipinski definition) is 0. The maximum Gasteiger partial charge on any atom is 0.228 e. The molecular weight excluding hydrogens is 258 g/mol. The van der Waals surface area contributed by atoms with Gasteiger partial charge in [-0.1, -0.05) is 53.8 Å². The van der Waals surface area contributed by atoms with Gasteiger partial charge in [-0.2, -0.15) is 0 Å². The smallest absolute Gasteiger partial charge is 0.228 e. The highest BCUT2D eigenvalue weighted by molar-refractivity contribution is 6.30. The molecule has 0 saturated carbocycles. The second-order valence-corrected chi connectivity index (χ2v) is 4.12.